The average Bonchev–Trinajstić information content (AvgIpc) is 3.48. The van der Waals surface area contributed by atoms with E-state index in [2.05, 4.69) is 48.3 Å². The molecule has 0 bridgehead atoms. The lowest BCUT2D eigenvalue weighted by Gasteiger charge is -2.07. The lowest BCUT2D eigenvalue weighted by Crippen LogP contribution is -2.16. The Bertz CT molecular complexity index is 1190. The molecule has 3 aromatic rings. The molecule has 5 rings (SSSR count). The van der Waals surface area contributed by atoms with E-state index >= 15 is 0 Å². The van der Waals surface area contributed by atoms with Gasteiger partial charge in [-0.1, -0.05) is 27.7 Å². The van der Waals surface area contributed by atoms with Gasteiger partial charge in [0.05, 0.1) is 11.0 Å². The average molecular weight is 417 g/mol. The Hall–Kier alpha value is -3.15. The van der Waals surface area contributed by atoms with Crippen molar-refractivity contribution >= 4 is 34.2 Å². The fourth-order valence-electron chi connectivity index (χ4n) is 4.22. The van der Waals surface area contributed by atoms with Crippen LogP contribution in [0.3, 0.4) is 0 Å². The van der Waals surface area contributed by atoms with Crippen LogP contribution in [-0.2, 0) is 9.59 Å². The summed E-state index contributed by atoms with van der Waals surface area (Å²) >= 11 is 0. The van der Waals surface area contributed by atoms with E-state index in [1.165, 1.54) is 0 Å². The number of hydrogen-bond donors (Lipinski definition) is 3. The lowest BCUT2D eigenvalue weighted by molar-refractivity contribution is -0.118. The molecule has 6 nitrogen and oxygen atoms in total. The van der Waals surface area contributed by atoms with Crippen molar-refractivity contribution < 1.29 is 9.59 Å². The summed E-state index contributed by atoms with van der Waals surface area (Å²) in [7, 11) is 0. The van der Waals surface area contributed by atoms with Gasteiger partial charge in [-0.15, -0.1) is 0 Å². The van der Waals surface area contributed by atoms with Crippen molar-refractivity contribution in [3.05, 3.63) is 42.5 Å². The number of nitrogens with zero attached hydrogens (tertiary/aromatic N) is 1. The molecule has 2 aliphatic rings. The van der Waals surface area contributed by atoms with E-state index in [9.17, 15) is 9.59 Å². The van der Waals surface area contributed by atoms with Crippen LogP contribution in [0.25, 0.3) is 22.4 Å². The summed E-state index contributed by atoms with van der Waals surface area (Å²) in [5.41, 5.74) is 4.44. The topological polar surface area (TPSA) is 86.9 Å². The van der Waals surface area contributed by atoms with Crippen LogP contribution in [0.5, 0.6) is 0 Å². The van der Waals surface area contributed by atoms with Gasteiger partial charge in [0.25, 0.3) is 0 Å². The highest BCUT2D eigenvalue weighted by molar-refractivity contribution is 5.97. The Kier molecular flexibility index (Phi) is 4.26. The largest absolute Gasteiger partial charge is 0.338 e. The first-order valence-corrected chi connectivity index (χ1v) is 10.8. The minimum Gasteiger partial charge on any atom is -0.338 e. The second-order valence-corrected chi connectivity index (χ2v) is 10.4. The molecule has 2 saturated carbocycles. The summed E-state index contributed by atoms with van der Waals surface area (Å²) in [6, 6.07) is 13.4. The Labute approximate surface area is 181 Å². The third-order valence-electron chi connectivity index (χ3n) is 6.84. The zero-order chi connectivity index (χ0) is 22.0. The highest BCUT2D eigenvalue weighted by Gasteiger charge is 2.51. The molecule has 0 aliphatic heterocycles. The van der Waals surface area contributed by atoms with Gasteiger partial charge in [-0.2, -0.15) is 0 Å². The van der Waals surface area contributed by atoms with Crippen LogP contribution in [0.1, 0.15) is 40.5 Å². The minimum atomic E-state index is 0.0799. The third kappa shape index (κ3) is 3.82. The van der Waals surface area contributed by atoms with Crippen LogP contribution >= 0.6 is 0 Å². The van der Waals surface area contributed by atoms with Gasteiger partial charge < -0.3 is 15.6 Å². The number of aromatic nitrogens is 2. The van der Waals surface area contributed by atoms with Crippen molar-refractivity contribution in [2.24, 2.45) is 22.7 Å². The number of benzene rings is 2. The Morgan fingerprint density at radius 2 is 1.39 bits per heavy atom. The van der Waals surface area contributed by atoms with Gasteiger partial charge in [0.2, 0.25) is 11.8 Å². The molecule has 6 heteroatoms. The first kappa shape index (κ1) is 19.8. The van der Waals surface area contributed by atoms with Gasteiger partial charge in [-0.3, -0.25) is 9.59 Å². The quantitative estimate of drug-likeness (QED) is 0.534. The van der Waals surface area contributed by atoms with Gasteiger partial charge in [-0.05, 0) is 66.1 Å². The molecule has 0 saturated heterocycles. The Morgan fingerprint density at radius 3 is 1.94 bits per heavy atom. The molecule has 3 N–H and O–H groups in total. The van der Waals surface area contributed by atoms with E-state index in [1.54, 1.807) is 0 Å². The number of imidazole rings is 1. The molecule has 160 valence electrons. The highest BCUT2D eigenvalue weighted by atomic mass is 16.2. The zero-order valence-electron chi connectivity index (χ0n) is 18.4. The first-order valence-electron chi connectivity index (χ1n) is 10.8. The van der Waals surface area contributed by atoms with Gasteiger partial charge in [0, 0.05) is 28.8 Å². The standard InChI is InChI=1S/C25H28N4O2/c1-24(2)12-17(24)22(30)26-15-7-5-14(6-8-15)21-28-19-10-9-16(11-20(19)29-21)27-23(31)18-13-25(18,3)4/h5-11,17-18H,12-13H2,1-4H3,(H,26,30)(H,27,31)(H,28,29)/t17-,18?/m1/s1. The van der Waals surface area contributed by atoms with Gasteiger partial charge >= 0.3 is 0 Å². The molecule has 2 amide bonds. The Morgan fingerprint density at radius 1 is 0.871 bits per heavy atom. The second kappa shape index (κ2) is 6.67. The van der Waals surface area contributed by atoms with Gasteiger partial charge in [0.1, 0.15) is 5.82 Å². The number of nitrogens with one attached hydrogen (secondary N) is 3. The summed E-state index contributed by atoms with van der Waals surface area (Å²) in [5.74, 6) is 1.11. The molecule has 1 heterocycles. The van der Waals surface area contributed by atoms with Crippen molar-refractivity contribution in [3.63, 3.8) is 0 Å². The number of H-pyrrole nitrogens is 1. The predicted octanol–water partition coefficient (Wildman–Crippen LogP) is 5.20. The fourth-order valence-corrected chi connectivity index (χ4v) is 4.22. The number of rotatable bonds is 5. The smallest absolute Gasteiger partial charge is 0.228 e. The maximum Gasteiger partial charge on any atom is 0.228 e. The molecule has 0 radical (unpaired) electrons. The number of hydrogen-bond acceptors (Lipinski definition) is 3. The number of carbonyl (C=O) groups is 2. The summed E-state index contributed by atoms with van der Waals surface area (Å²) in [5, 5.41) is 6.02. The van der Waals surface area contributed by atoms with Crippen molar-refractivity contribution in [2.45, 2.75) is 40.5 Å². The van der Waals surface area contributed by atoms with E-state index < -0.39 is 0 Å². The van der Waals surface area contributed by atoms with Crippen molar-refractivity contribution in [3.8, 4) is 11.4 Å². The SMILES string of the molecule is CC1(C)CC1C(=O)Nc1ccc2nc(-c3ccc(NC(=O)[C@H]4CC4(C)C)cc3)[nH]c2c1. The molecule has 31 heavy (non-hydrogen) atoms. The molecule has 1 unspecified atom stereocenters. The van der Waals surface area contributed by atoms with E-state index in [0.717, 1.165) is 46.6 Å². The van der Waals surface area contributed by atoms with Crippen LogP contribution in [-0.4, -0.2) is 21.8 Å². The number of aromatic amines is 1. The van der Waals surface area contributed by atoms with E-state index in [-0.39, 0.29) is 34.5 Å². The molecule has 2 aromatic carbocycles. The molecular weight excluding hydrogens is 388 g/mol. The summed E-state index contributed by atoms with van der Waals surface area (Å²) in [6.07, 6.45) is 1.88. The second-order valence-electron chi connectivity index (χ2n) is 10.4. The van der Waals surface area contributed by atoms with Crippen LogP contribution in [0.2, 0.25) is 0 Å². The van der Waals surface area contributed by atoms with Gasteiger partial charge in [0.15, 0.2) is 0 Å². The maximum absolute atomic E-state index is 12.4. The maximum atomic E-state index is 12.4. The van der Waals surface area contributed by atoms with E-state index in [1.807, 2.05) is 42.5 Å². The van der Waals surface area contributed by atoms with E-state index in [0.29, 0.717) is 0 Å². The molecule has 0 spiro atoms. The first-order chi connectivity index (χ1) is 14.6. The van der Waals surface area contributed by atoms with Crippen molar-refractivity contribution in [2.75, 3.05) is 10.6 Å². The monoisotopic (exact) mass is 416 g/mol. The highest BCUT2D eigenvalue weighted by Crippen LogP contribution is 2.52. The van der Waals surface area contributed by atoms with Crippen LogP contribution in [0, 0.1) is 22.7 Å². The molecule has 1 aromatic heterocycles. The summed E-state index contributed by atoms with van der Waals surface area (Å²) in [4.78, 5) is 32.7. The van der Waals surface area contributed by atoms with Crippen molar-refractivity contribution in [1.82, 2.24) is 9.97 Å². The molecule has 2 atom stereocenters. The number of carbonyl (C=O) groups excluding carboxylic acids is 2. The normalized spacial score (nSPS) is 22.7. The summed E-state index contributed by atoms with van der Waals surface area (Å²) in [6.45, 7) is 8.47. The number of fused-ring (bicyclic) bond motifs is 1. The molecule has 2 aliphatic carbocycles. The zero-order valence-corrected chi connectivity index (χ0v) is 18.4. The van der Waals surface area contributed by atoms with Crippen LogP contribution in [0.15, 0.2) is 42.5 Å². The van der Waals surface area contributed by atoms with Gasteiger partial charge in [-0.25, -0.2) is 4.98 Å². The van der Waals surface area contributed by atoms with Crippen molar-refractivity contribution in [1.29, 1.82) is 0 Å². The van der Waals surface area contributed by atoms with E-state index in [4.69, 9.17) is 0 Å². The number of anilines is 2. The molecular formula is C25H28N4O2. The third-order valence-corrected chi connectivity index (χ3v) is 6.84. The predicted molar refractivity (Wildman–Crippen MR) is 123 cm³/mol. The van der Waals surface area contributed by atoms with Crippen LogP contribution < -0.4 is 10.6 Å². The minimum absolute atomic E-state index is 0.0799. The number of amides is 2. The van der Waals surface area contributed by atoms with Crippen LogP contribution in [0.4, 0.5) is 11.4 Å². The summed E-state index contributed by atoms with van der Waals surface area (Å²) < 4.78 is 0. The fraction of sp³-hybridized carbons (Fsp3) is 0.400. The Balaban J connectivity index is 1.29. The lowest BCUT2D eigenvalue weighted by atomic mass is 10.1. The molecule has 2 fully saturated rings.